The third kappa shape index (κ3) is 4.66. The molecule has 1 rings (SSSR count). The Balaban J connectivity index is 2.36. The lowest BCUT2D eigenvalue weighted by Crippen LogP contribution is -2.35. The predicted octanol–water partition coefficient (Wildman–Crippen LogP) is 1.52. The number of hydrogen-bond acceptors (Lipinski definition) is 4. The summed E-state index contributed by atoms with van der Waals surface area (Å²) in [6.45, 7) is 3.56. The van der Waals surface area contributed by atoms with Gasteiger partial charge in [0.2, 0.25) is 5.91 Å². The first-order chi connectivity index (χ1) is 8.02. The van der Waals surface area contributed by atoms with E-state index in [1.807, 2.05) is 13.0 Å². The number of rotatable bonds is 6. The van der Waals surface area contributed by atoms with Gasteiger partial charge in [-0.25, -0.2) is 0 Å². The standard InChI is InChI=1S/C12H17NO3S/c1-8(7-14)13-12(16)6-4-10(15)11-5-3-9(2)17-11/h3,5,8,14H,4,6-7H2,1-2H3,(H,13,16). The van der Waals surface area contributed by atoms with Gasteiger partial charge in [-0.05, 0) is 26.0 Å². The fraction of sp³-hybridized carbons (Fsp3) is 0.500. The molecule has 0 aliphatic rings. The van der Waals surface area contributed by atoms with E-state index in [9.17, 15) is 9.59 Å². The van der Waals surface area contributed by atoms with Crippen LogP contribution in [-0.2, 0) is 4.79 Å². The summed E-state index contributed by atoms with van der Waals surface area (Å²) in [7, 11) is 0. The van der Waals surface area contributed by atoms with Gasteiger partial charge in [0.25, 0.3) is 0 Å². The largest absolute Gasteiger partial charge is 0.394 e. The van der Waals surface area contributed by atoms with Crippen molar-refractivity contribution >= 4 is 23.0 Å². The molecule has 0 aliphatic carbocycles. The Labute approximate surface area is 105 Å². The van der Waals surface area contributed by atoms with Crippen molar-refractivity contribution in [3.63, 3.8) is 0 Å². The van der Waals surface area contributed by atoms with E-state index in [2.05, 4.69) is 5.32 Å². The monoisotopic (exact) mass is 255 g/mol. The van der Waals surface area contributed by atoms with E-state index < -0.39 is 0 Å². The maximum Gasteiger partial charge on any atom is 0.220 e. The number of Topliss-reactive ketones (excluding diaryl/α,β-unsaturated/α-hetero) is 1. The average molecular weight is 255 g/mol. The van der Waals surface area contributed by atoms with E-state index in [1.54, 1.807) is 13.0 Å². The van der Waals surface area contributed by atoms with Gasteiger partial charge in [-0.15, -0.1) is 11.3 Å². The molecule has 0 saturated carbocycles. The zero-order chi connectivity index (χ0) is 12.8. The lowest BCUT2D eigenvalue weighted by atomic mass is 10.2. The average Bonchev–Trinajstić information content (AvgIpc) is 2.72. The number of carbonyl (C=O) groups is 2. The number of hydrogen-bond donors (Lipinski definition) is 2. The Hall–Kier alpha value is -1.20. The molecule has 1 heterocycles. The molecule has 0 spiro atoms. The molecule has 0 saturated heterocycles. The molecule has 94 valence electrons. The van der Waals surface area contributed by atoms with Gasteiger partial charge in [0.15, 0.2) is 5.78 Å². The molecule has 1 aromatic rings. The number of ketones is 1. The summed E-state index contributed by atoms with van der Waals surface area (Å²) >= 11 is 1.44. The highest BCUT2D eigenvalue weighted by molar-refractivity contribution is 7.14. The summed E-state index contributed by atoms with van der Waals surface area (Å²) in [5.41, 5.74) is 0. The smallest absolute Gasteiger partial charge is 0.220 e. The van der Waals surface area contributed by atoms with Gasteiger partial charge in [0.05, 0.1) is 11.5 Å². The fourth-order valence-electron chi connectivity index (χ4n) is 1.33. The first-order valence-corrected chi connectivity index (χ1v) is 6.34. The molecule has 4 nitrogen and oxygen atoms in total. The van der Waals surface area contributed by atoms with Gasteiger partial charge in [0.1, 0.15) is 0 Å². The fourth-order valence-corrected chi connectivity index (χ4v) is 2.16. The third-order valence-corrected chi connectivity index (χ3v) is 3.32. The van der Waals surface area contributed by atoms with Crippen LogP contribution in [0.4, 0.5) is 0 Å². The van der Waals surface area contributed by atoms with Crippen LogP contribution in [0.2, 0.25) is 0 Å². The Morgan fingerprint density at radius 3 is 2.65 bits per heavy atom. The molecule has 17 heavy (non-hydrogen) atoms. The second-order valence-electron chi connectivity index (χ2n) is 3.98. The molecule has 0 aliphatic heterocycles. The highest BCUT2D eigenvalue weighted by Gasteiger charge is 2.12. The molecule has 0 aromatic carbocycles. The topological polar surface area (TPSA) is 66.4 Å². The third-order valence-electron chi connectivity index (χ3n) is 2.28. The molecular formula is C12H17NO3S. The van der Waals surface area contributed by atoms with Crippen molar-refractivity contribution in [1.29, 1.82) is 0 Å². The maximum atomic E-state index is 11.7. The first-order valence-electron chi connectivity index (χ1n) is 5.52. The number of aryl methyl sites for hydroxylation is 1. The second kappa shape index (κ2) is 6.51. The van der Waals surface area contributed by atoms with Crippen LogP contribution >= 0.6 is 11.3 Å². The summed E-state index contributed by atoms with van der Waals surface area (Å²) < 4.78 is 0. The molecule has 1 atom stereocenters. The molecule has 0 radical (unpaired) electrons. The number of amides is 1. The Kier molecular flexibility index (Phi) is 5.31. The van der Waals surface area contributed by atoms with Gasteiger partial charge in [-0.2, -0.15) is 0 Å². The molecule has 1 aromatic heterocycles. The summed E-state index contributed by atoms with van der Waals surface area (Å²) in [5, 5.41) is 11.4. The minimum atomic E-state index is -0.262. The Bertz CT molecular complexity index is 400. The van der Waals surface area contributed by atoms with Crippen LogP contribution in [0.5, 0.6) is 0 Å². The van der Waals surface area contributed by atoms with E-state index >= 15 is 0 Å². The molecule has 0 bridgehead atoms. The van der Waals surface area contributed by atoms with E-state index in [4.69, 9.17) is 5.11 Å². The van der Waals surface area contributed by atoms with Crippen LogP contribution < -0.4 is 5.32 Å². The number of aliphatic hydroxyl groups is 1. The summed E-state index contributed by atoms with van der Waals surface area (Å²) in [4.78, 5) is 24.9. The van der Waals surface area contributed by atoms with Crippen molar-refractivity contribution in [1.82, 2.24) is 5.32 Å². The molecule has 1 unspecified atom stereocenters. The Morgan fingerprint density at radius 1 is 1.41 bits per heavy atom. The summed E-state index contributed by atoms with van der Waals surface area (Å²) in [6.07, 6.45) is 0.379. The SMILES string of the molecule is Cc1ccc(C(=O)CCC(=O)NC(C)CO)s1. The van der Waals surface area contributed by atoms with Crippen LogP contribution in [0.15, 0.2) is 12.1 Å². The predicted molar refractivity (Wildman–Crippen MR) is 67.3 cm³/mol. The molecule has 0 fully saturated rings. The van der Waals surface area contributed by atoms with E-state index in [-0.39, 0.29) is 37.2 Å². The van der Waals surface area contributed by atoms with Crippen molar-refractivity contribution in [2.45, 2.75) is 32.7 Å². The highest BCUT2D eigenvalue weighted by atomic mass is 32.1. The lowest BCUT2D eigenvalue weighted by molar-refractivity contribution is -0.121. The normalized spacial score (nSPS) is 12.2. The van der Waals surface area contributed by atoms with Crippen molar-refractivity contribution in [3.8, 4) is 0 Å². The van der Waals surface area contributed by atoms with Crippen molar-refractivity contribution in [2.24, 2.45) is 0 Å². The van der Waals surface area contributed by atoms with E-state index in [1.165, 1.54) is 11.3 Å². The summed E-state index contributed by atoms with van der Waals surface area (Å²) in [6, 6.07) is 3.42. The minimum absolute atomic E-state index is 0.00472. The quantitative estimate of drug-likeness (QED) is 0.757. The van der Waals surface area contributed by atoms with Crippen molar-refractivity contribution < 1.29 is 14.7 Å². The first kappa shape index (κ1) is 13.9. The summed E-state index contributed by atoms with van der Waals surface area (Å²) in [5.74, 6) is -0.205. The van der Waals surface area contributed by atoms with E-state index in [0.717, 1.165) is 4.88 Å². The second-order valence-corrected chi connectivity index (χ2v) is 5.27. The van der Waals surface area contributed by atoms with Gasteiger partial charge < -0.3 is 10.4 Å². The maximum absolute atomic E-state index is 11.7. The minimum Gasteiger partial charge on any atom is -0.394 e. The van der Waals surface area contributed by atoms with Gasteiger partial charge in [-0.3, -0.25) is 9.59 Å². The Morgan fingerprint density at radius 2 is 2.12 bits per heavy atom. The number of thiophene rings is 1. The highest BCUT2D eigenvalue weighted by Crippen LogP contribution is 2.17. The number of carbonyl (C=O) groups excluding carboxylic acids is 2. The zero-order valence-corrected chi connectivity index (χ0v) is 10.8. The van der Waals surface area contributed by atoms with Crippen LogP contribution in [0.3, 0.4) is 0 Å². The van der Waals surface area contributed by atoms with Crippen LogP contribution in [0.1, 0.15) is 34.3 Å². The van der Waals surface area contributed by atoms with E-state index in [0.29, 0.717) is 4.88 Å². The molecule has 5 heteroatoms. The van der Waals surface area contributed by atoms with Crippen LogP contribution in [0.25, 0.3) is 0 Å². The van der Waals surface area contributed by atoms with Gasteiger partial charge in [-0.1, -0.05) is 0 Å². The van der Waals surface area contributed by atoms with Gasteiger partial charge in [0, 0.05) is 23.8 Å². The molecular weight excluding hydrogens is 238 g/mol. The van der Waals surface area contributed by atoms with Crippen LogP contribution in [-0.4, -0.2) is 29.4 Å². The number of aliphatic hydroxyl groups excluding tert-OH is 1. The van der Waals surface area contributed by atoms with Gasteiger partial charge >= 0.3 is 0 Å². The van der Waals surface area contributed by atoms with Crippen molar-refractivity contribution in [3.05, 3.63) is 21.9 Å². The lowest BCUT2D eigenvalue weighted by Gasteiger charge is -2.09. The zero-order valence-electron chi connectivity index (χ0n) is 10.0. The van der Waals surface area contributed by atoms with Crippen molar-refractivity contribution in [2.75, 3.05) is 6.61 Å². The number of nitrogens with one attached hydrogen (secondary N) is 1. The molecule has 1 amide bonds. The molecule has 2 N–H and O–H groups in total. The van der Waals surface area contributed by atoms with Crippen LogP contribution in [0, 0.1) is 6.92 Å².